The molecule has 25 heavy (non-hydrogen) atoms. The zero-order valence-electron chi connectivity index (χ0n) is 13.5. The Balaban J connectivity index is 1.52. The van der Waals surface area contributed by atoms with E-state index < -0.39 is 0 Å². The minimum absolute atomic E-state index is 0.115. The first-order valence-electron chi connectivity index (χ1n) is 8.03. The maximum absolute atomic E-state index is 12.7. The van der Waals surface area contributed by atoms with Crippen LogP contribution in [0.5, 0.6) is 0 Å². The standard InChI is InChI=1S/C18H16ClN3O2S/c1-9(23)20-17-11-5-3-2-4-10(11)6-13(17)22-18(24)14-7-15-12(21-14)8-16(19)25-15/h2-5,8,13,17H,6-7H2,1H3,(H,20,23)(H,22,24)/t13-,17-/m1/s1. The Hall–Kier alpha value is -2.18. The first-order chi connectivity index (χ1) is 12.0. The van der Waals surface area contributed by atoms with Crippen LogP contribution in [0.1, 0.15) is 29.0 Å². The van der Waals surface area contributed by atoms with Crippen molar-refractivity contribution in [1.29, 1.82) is 0 Å². The van der Waals surface area contributed by atoms with E-state index in [1.54, 1.807) is 6.07 Å². The van der Waals surface area contributed by atoms with Gasteiger partial charge in [0.25, 0.3) is 5.91 Å². The molecule has 2 aliphatic rings. The van der Waals surface area contributed by atoms with Gasteiger partial charge in [-0.2, -0.15) is 0 Å². The molecule has 0 unspecified atom stereocenters. The second kappa shape index (κ2) is 6.28. The van der Waals surface area contributed by atoms with Gasteiger partial charge in [-0.1, -0.05) is 35.9 Å². The van der Waals surface area contributed by atoms with E-state index >= 15 is 0 Å². The summed E-state index contributed by atoms with van der Waals surface area (Å²) in [5.74, 6) is -0.302. The lowest BCUT2D eigenvalue weighted by Crippen LogP contribution is -2.46. The zero-order chi connectivity index (χ0) is 17.6. The minimum Gasteiger partial charge on any atom is -0.347 e. The van der Waals surface area contributed by atoms with E-state index in [1.807, 2.05) is 24.3 Å². The van der Waals surface area contributed by atoms with Crippen molar-refractivity contribution in [1.82, 2.24) is 10.6 Å². The molecule has 7 heteroatoms. The number of nitrogens with one attached hydrogen (secondary N) is 2. The predicted molar refractivity (Wildman–Crippen MR) is 98.8 cm³/mol. The van der Waals surface area contributed by atoms with Gasteiger partial charge in [0, 0.05) is 18.2 Å². The number of carbonyl (C=O) groups excluding carboxylic acids is 2. The summed E-state index contributed by atoms with van der Waals surface area (Å²) in [7, 11) is 0. The molecule has 2 atom stereocenters. The van der Waals surface area contributed by atoms with Gasteiger partial charge in [0.05, 0.1) is 22.1 Å². The lowest BCUT2D eigenvalue weighted by atomic mass is 10.1. The molecule has 2 heterocycles. The van der Waals surface area contributed by atoms with Crippen LogP contribution in [-0.4, -0.2) is 23.6 Å². The SMILES string of the molecule is CC(=O)N[C@@H]1c2ccccc2C[C@H]1NC(=O)C1=Nc2cc(Cl)sc2C1. The van der Waals surface area contributed by atoms with Gasteiger partial charge in [0.1, 0.15) is 5.71 Å². The monoisotopic (exact) mass is 373 g/mol. The summed E-state index contributed by atoms with van der Waals surface area (Å²) in [4.78, 5) is 29.6. The number of aliphatic imine (C=N–C) groups is 1. The van der Waals surface area contributed by atoms with Crippen molar-refractivity contribution in [3.8, 4) is 0 Å². The maximum Gasteiger partial charge on any atom is 0.266 e. The van der Waals surface area contributed by atoms with Gasteiger partial charge in [-0.3, -0.25) is 9.59 Å². The molecule has 1 aromatic heterocycles. The second-order valence-corrected chi connectivity index (χ2v) is 8.02. The van der Waals surface area contributed by atoms with Crippen LogP contribution in [-0.2, 0) is 22.4 Å². The van der Waals surface area contributed by atoms with E-state index in [9.17, 15) is 9.59 Å². The molecule has 0 radical (unpaired) electrons. The predicted octanol–water partition coefficient (Wildman–Crippen LogP) is 2.95. The van der Waals surface area contributed by atoms with Crippen LogP contribution >= 0.6 is 22.9 Å². The van der Waals surface area contributed by atoms with Crippen LogP contribution in [0, 0.1) is 0 Å². The van der Waals surface area contributed by atoms with Crippen molar-refractivity contribution < 1.29 is 9.59 Å². The van der Waals surface area contributed by atoms with Crippen molar-refractivity contribution in [2.45, 2.75) is 31.8 Å². The number of nitrogens with zero attached hydrogens (tertiary/aromatic N) is 1. The molecule has 4 rings (SSSR count). The highest BCUT2D eigenvalue weighted by molar-refractivity contribution is 7.17. The molecule has 2 aromatic rings. The zero-order valence-corrected chi connectivity index (χ0v) is 15.1. The second-order valence-electron chi connectivity index (χ2n) is 6.26. The van der Waals surface area contributed by atoms with E-state index in [1.165, 1.54) is 18.3 Å². The number of carbonyl (C=O) groups is 2. The van der Waals surface area contributed by atoms with E-state index in [0.717, 1.165) is 21.7 Å². The normalized spacial score (nSPS) is 20.6. The maximum atomic E-state index is 12.7. The molecule has 1 aliphatic carbocycles. The number of thiophene rings is 1. The molecule has 0 saturated heterocycles. The van der Waals surface area contributed by atoms with Crippen molar-refractivity contribution in [3.05, 3.63) is 50.7 Å². The average Bonchev–Trinajstić information content (AvgIpc) is 3.19. The highest BCUT2D eigenvalue weighted by Gasteiger charge is 2.35. The summed E-state index contributed by atoms with van der Waals surface area (Å²) in [5, 5.41) is 6.00. The fourth-order valence-electron chi connectivity index (χ4n) is 3.46. The molecule has 0 fully saturated rings. The molecule has 1 aromatic carbocycles. The largest absolute Gasteiger partial charge is 0.347 e. The quantitative estimate of drug-likeness (QED) is 0.868. The van der Waals surface area contributed by atoms with E-state index in [2.05, 4.69) is 15.6 Å². The third-order valence-corrected chi connectivity index (χ3v) is 5.76. The minimum atomic E-state index is -0.219. The smallest absolute Gasteiger partial charge is 0.266 e. The molecule has 128 valence electrons. The Morgan fingerprint density at radius 2 is 2.08 bits per heavy atom. The number of amides is 2. The van der Waals surface area contributed by atoms with Crippen molar-refractivity contribution >= 4 is 46.2 Å². The Bertz CT molecular complexity index is 905. The van der Waals surface area contributed by atoms with Gasteiger partial charge in [0.2, 0.25) is 5.91 Å². The third kappa shape index (κ3) is 3.07. The number of hydrogen-bond acceptors (Lipinski definition) is 4. The first kappa shape index (κ1) is 16.3. The van der Waals surface area contributed by atoms with Gasteiger partial charge < -0.3 is 10.6 Å². The molecule has 5 nitrogen and oxygen atoms in total. The molecule has 0 saturated carbocycles. The Morgan fingerprint density at radius 3 is 2.84 bits per heavy atom. The average molecular weight is 374 g/mol. The van der Waals surface area contributed by atoms with E-state index in [4.69, 9.17) is 11.6 Å². The number of halogens is 1. The number of hydrogen-bond donors (Lipinski definition) is 2. The Kier molecular flexibility index (Phi) is 4.09. The summed E-state index contributed by atoms with van der Waals surface area (Å²) in [5.41, 5.74) is 3.48. The van der Waals surface area contributed by atoms with Crippen LogP contribution in [0.3, 0.4) is 0 Å². The van der Waals surface area contributed by atoms with E-state index in [0.29, 0.717) is 22.9 Å². The van der Waals surface area contributed by atoms with Gasteiger partial charge >= 0.3 is 0 Å². The molecule has 0 spiro atoms. The first-order valence-corrected chi connectivity index (χ1v) is 9.22. The van der Waals surface area contributed by atoms with Gasteiger partial charge in [0.15, 0.2) is 0 Å². The topological polar surface area (TPSA) is 70.6 Å². The molecule has 2 N–H and O–H groups in total. The third-order valence-electron chi connectivity index (χ3n) is 4.51. The summed E-state index contributed by atoms with van der Waals surface area (Å²) in [6.45, 7) is 1.49. The van der Waals surface area contributed by atoms with Gasteiger partial charge in [-0.15, -0.1) is 11.3 Å². The van der Waals surface area contributed by atoms with Crippen LogP contribution in [0.2, 0.25) is 4.34 Å². The summed E-state index contributed by atoms with van der Waals surface area (Å²) >= 11 is 7.42. The fourth-order valence-corrected chi connectivity index (χ4v) is 4.66. The van der Waals surface area contributed by atoms with Gasteiger partial charge in [-0.05, 0) is 23.6 Å². The van der Waals surface area contributed by atoms with E-state index in [-0.39, 0.29) is 23.9 Å². The highest BCUT2D eigenvalue weighted by atomic mass is 35.5. The lowest BCUT2D eigenvalue weighted by molar-refractivity contribution is -0.121. The highest BCUT2D eigenvalue weighted by Crippen LogP contribution is 2.37. The number of benzene rings is 1. The number of fused-ring (bicyclic) bond motifs is 2. The van der Waals surface area contributed by atoms with Crippen molar-refractivity contribution in [2.75, 3.05) is 0 Å². The Morgan fingerprint density at radius 1 is 1.28 bits per heavy atom. The fraction of sp³-hybridized carbons (Fsp3) is 0.278. The molecular weight excluding hydrogens is 358 g/mol. The Labute approximate surface area is 154 Å². The number of rotatable bonds is 3. The van der Waals surface area contributed by atoms with Gasteiger partial charge in [-0.25, -0.2) is 4.99 Å². The van der Waals surface area contributed by atoms with Crippen molar-refractivity contribution in [2.24, 2.45) is 4.99 Å². The van der Waals surface area contributed by atoms with Crippen LogP contribution in [0.4, 0.5) is 5.69 Å². The molecule has 2 amide bonds. The molecule has 0 bridgehead atoms. The van der Waals surface area contributed by atoms with Crippen molar-refractivity contribution in [3.63, 3.8) is 0 Å². The molecule has 1 aliphatic heterocycles. The summed E-state index contributed by atoms with van der Waals surface area (Å²) in [6, 6.07) is 9.32. The molecular formula is C18H16ClN3O2S. The van der Waals surface area contributed by atoms with Crippen LogP contribution in [0.25, 0.3) is 0 Å². The summed E-state index contributed by atoms with van der Waals surface area (Å²) < 4.78 is 0.685. The van der Waals surface area contributed by atoms with Crippen LogP contribution < -0.4 is 10.6 Å². The summed E-state index contributed by atoms with van der Waals surface area (Å²) in [6.07, 6.45) is 1.19. The lowest BCUT2D eigenvalue weighted by Gasteiger charge is -2.22. The van der Waals surface area contributed by atoms with Crippen LogP contribution in [0.15, 0.2) is 35.3 Å².